The van der Waals surface area contributed by atoms with Crippen LogP contribution in [0.3, 0.4) is 0 Å². The molecule has 0 aromatic rings. The van der Waals surface area contributed by atoms with Gasteiger partial charge < -0.3 is 10.6 Å². The van der Waals surface area contributed by atoms with Crippen LogP contribution < -0.4 is 5.73 Å². The number of carbonyl (C=O) groups excluding carboxylic acids is 1. The van der Waals surface area contributed by atoms with Crippen molar-refractivity contribution in [3.05, 3.63) is 0 Å². The number of nitrogens with zero attached hydrogens (tertiary/aromatic N) is 1. The van der Waals surface area contributed by atoms with E-state index in [-0.39, 0.29) is 36.0 Å². The van der Waals surface area contributed by atoms with Gasteiger partial charge in [-0.05, 0) is 25.7 Å². The van der Waals surface area contributed by atoms with Crippen molar-refractivity contribution in [3.8, 4) is 0 Å². The average Bonchev–Trinajstić information content (AvgIpc) is 2.68. The molecular weight excluding hydrogens is 288 g/mol. The van der Waals surface area contributed by atoms with E-state index in [1.54, 1.807) is 11.8 Å². The van der Waals surface area contributed by atoms with Crippen molar-refractivity contribution in [2.45, 2.75) is 43.9 Å². The third kappa shape index (κ3) is 3.83. The quantitative estimate of drug-likeness (QED) is 0.808. The van der Waals surface area contributed by atoms with Gasteiger partial charge in [0.15, 0.2) is 9.84 Å². The molecule has 112 valence electrons. The highest BCUT2D eigenvalue weighted by Gasteiger charge is 2.34. The zero-order chi connectivity index (χ0) is 13.3. The molecule has 0 aromatic carbocycles. The van der Waals surface area contributed by atoms with Crippen LogP contribution in [-0.4, -0.2) is 49.4 Å². The lowest BCUT2D eigenvalue weighted by molar-refractivity contribution is -0.132. The van der Waals surface area contributed by atoms with E-state index in [1.807, 2.05) is 0 Å². The molecule has 7 heteroatoms. The highest BCUT2D eigenvalue weighted by Crippen LogP contribution is 2.27. The molecule has 1 amide bonds. The minimum atomic E-state index is -2.98. The molecule has 0 radical (unpaired) electrons. The van der Waals surface area contributed by atoms with E-state index in [2.05, 4.69) is 0 Å². The summed E-state index contributed by atoms with van der Waals surface area (Å²) in [4.78, 5) is 13.8. The minimum absolute atomic E-state index is 0. The Balaban J connectivity index is 0.00000180. The molecule has 1 unspecified atom stereocenters. The van der Waals surface area contributed by atoms with Gasteiger partial charge in [-0.25, -0.2) is 8.42 Å². The highest BCUT2D eigenvalue weighted by molar-refractivity contribution is 7.92. The second-order valence-electron chi connectivity index (χ2n) is 5.58. The zero-order valence-electron chi connectivity index (χ0n) is 11.2. The minimum Gasteiger partial charge on any atom is -0.340 e. The fraction of sp³-hybridized carbons (Fsp3) is 0.917. The molecule has 0 bridgehead atoms. The maximum absolute atomic E-state index is 12.1. The molecule has 1 heterocycles. The molecule has 0 spiro atoms. The number of nitrogens with two attached hydrogens (primary N) is 1. The van der Waals surface area contributed by atoms with Crippen LogP contribution in [0.15, 0.2) is 0 Å². The lowest BCUT2D eigenvalue weighted by Crippen LogP contribution is -2.48. The predicted molar refractivity (Wildman–Crippen MR) is 77.0 cm³/mol. The first-order chi connectivity index (χ1) is 8.40. The largest absolute Gasteiger partial charge is 0.340 e. The van der Waals surface area contributed by atoms with Crippen molar-refractivity contribution in [1.82, 2.24) is 4.90 Å². The summed E-state index contributed by atoms with van der Waals surface area (Å²) in [7, 11) is -2.98. The molecule has 2 aliphatic rings. The first-order valence-corrected chi connectivity index (χ1v) is 8.36. The van der Waals surface area contributed by atoms with Gasteiger partial charge in [0.05, 0.1) is 11.0 Å². The molecule has 1 aliphatic carbocycles. The Morgan fingerprint density at radius 2 is 2.05 bits per heavy atom. The summed E-state index contributed by atoms with van der Waals surface area (Å²) >= 11 is 0. The molecule has 1 saturated heterocycles. The van der Waals surface area contributed by atoms with Crippen molar-refractivity contribution in [1.29, 1.82) is 0 Å². The molecule has 3 atom stereocenters. The van der Waals surface area contributed by atoms with E-state index < -0.39 is 15.1 Å². The fourth-order valence-corrected chi connectivity index (χ4v) is 4.14. The molecule has 2 N–H and O–H groups in total. The number of halogens is 1. The number of sulfone groups is 1. The molecular formula is C12H23ClN2O3S. The van der Waals surface area contributed by atoms with Gasteiger partial charge in [-0.2, -0.15) is 0 Å². The van der Waals surface area contributed by atoms with Gasteiger partial charge >= 0.3 is 0 Å². The molecule has 2 fully saturated rings. The van der Waals surface area contributed by atoms with Crippen LogP contribution in [0.4, 0.5) is 0 Å². The summed E-state index contributed by atoms with van der Waals surface area (Å²) < 4.78 is 23.2. The van der Waals surface area contributed by atoms with Gasteiger partial charge in [0.2, 0.25) is 5.91 Å². The number of hydrogen-bond acceptors (Lipinski definition) is 4. The highest BCUT2D eigenvalue weighted by atomic mass is 35.5. The summed E-state index contributed by atoms with van der Waals surface area (Å²) in [6.07, 6.45) is 3.61. The van der Waals surface area contributed by atoms with Crippen molar-refractivity contribution in [2.75, 3.05) is 18.8 Å². The molecule has 1 saturated carbocycles. The second kappa shape index (κ2) is 6.41. The van der Waals surface area contributed by atoms with Gasteiger partial charge in [0.25, 0.3) is 0 Å². The average molecular weight is 311 g/mol. The molecule has 1 aliphatic heterocycles. The van der Waals surface area contributed by atoms with E-state index in [9.17, 15) is 13.2 Å². The Morgan fingerprint density at radius 3 is 2.58 bits per heavy atom. The van der Waals surface area contributed by atoms with Gasteiger partial charge in [-0.15, -0.1) is 12.4 Å². The first-order valence-electron chi connectivity index (χ1n) is 6.65. The fourth-order valence-electron chi connectivity index (χ4n) is 2.85. The molecule has 0 aromatic heterocycles. The van der Waals surface area contributed by atoms with E-state index in [4.69, 9.17) is 5.73 Å². The maximum atomic E-state index is 12.1. The Morgan fingerprint density at radius 1 is 1.37 bits per heavy atom. The summed E-state index contributed by atoms with van der Waals surface area (Å²) in [5, 5.41) is -0.438. The summed E-state index contributed by atoms with van der Waals surface area (Å²) in [5.41, 5.74) is 5.96. The van der Waals surface area contributed by atoms with Crippen molar-refractivity contribution in [3.63, 3.8) is 0 Å². The lowest BCUT2D eigenvalue weighted by Gasteiger charge is -2.32. The first kappa shape index (κ1) is 16.7. The Labute approximate surface area is 121 Å². The van der Waals surface area contributed by atoms with Crippen LogP contribution in [0.25, 0.3) is 0 Å². The Kier molecular flexibility index (Phi) is 5.65. The third-order valence-corrected chi connectivity index (χ3v) is 6.37. The molecule has 5 nitrogen and oxygen atoms in total. The van der Waals surface area contributed by atoms with E-state index in [0.717, 1.165) is 19.3 Å². The van der Waals surface area contributed by atoms with Gasteiger partial charge in [0.1, 0.15) is 0 Å². The maximum Gasteiger partial charge on any atom is 0.222 e. The SMILES string of the molecule is CC1CN(C(=O)C[C@@H]2CCC[C@H]2N)CCS1(=O)=O.Cl. The summed E-state index contributed by atoms with van der Waals surface area (Å²) in [5.74, 6) is 0.446. The summed E-state index contributed by atoms with van der Waals surface area (Å²) in [6.45, 7) is 2.35. The van der Waals surface area contributed by atoms with Crippen LogP contribution in [0.2, 0.25) is 0 Å². The van der Waals surface area contributed by atoms with Gasteiger partial charge in [-0.3, -0.25) is 4.79 Å². The van der Waals surface area contributed by atoms with Gasteiger partial charge in [-0.1, -0.05) is 6.42 Å². The van der Waals surface area contributed by atoms with Crippen molar-refractivity contribution in [2.24, 2.45) is 11.7 Å². The van der Waals surface area contributed by atoms with Crippen LogP contribution in [0, 0.1) is 5.92 Å². The van der Waals surface area contributed by atoms with Crippen LogP contribution in [-0.2, 0) is 14.6 Å². The van der Waals surface area contributed by atoms with Crippen molar-refractivity contribution >= 4 is 28.2 Å². The lowest BCUT2D eigenvalue weighted by atomic mass is 9.99. The number of rotatable bonds is 2. The Bertz CT molecular complexity index is 427. The zero-order valence-corrected chi connectivity index (χ0v) is 12.9. The summed E-state index contributed by atoms with van der Waals surface area (Å²) in [6, 6.07) is 0.139. The van der Waals surface area contributed by atoms with Gasteiger partial charge in [0, 0.05) is 25.6 Å². The predicted octanol–water partition coefficient (Wildman–Crippen LogP) is 0.571. The van der Waals surface area contributed by atoms with E-state index in [0.29, 0.717) is 19.5 Å². The topological polar surface area (TPSA) is 80.5 Å². The number of carbonyl (C=O) groups is 1. The number of hydrogen-bond donors (Lipinski definition) is 1. The monoisotopic (exact) mass is 310 g/mol. The Hall–Kier alpha value is -0.330. The second-order valence-corrected chi connectivity index (χ2v) is 8.12. The van der Waals surface area contributed by atoms with Crippen LogP contribution in [0.5, 0.6) is 0 Å². The standard InChI is InChI=1S/C12H22N2O3S.ClH/c1-9-8-14(5-6-18(9,16)17)12(15)7-10-3-2-4-11(10)13;/h9-11H,2-8,13H2,1H3;1H/t9?,10-,11+;/m0./s1. The third-order valence-electron chi connectivity index (χ3n) is 4.24. The van der Waals surface area contributed by atoms with E-state index in [1.165, 1.54) is 0 Å². The number of amides is 1. The molecule has 2 rings (SSSR count). The molecule has 19 heavy (non-hydrogen) atoms. The normalized spacial score (nSPS) is 33.8. The smallest absolute Gasteiger partial charge is 0.222 e. The van der Waals surface area contributed by atoms with Crippen molar-refractivity contribution < 1.29 is 13.2 Å². The van der Waals surface area contributed by atoms with Crippen LogP contribution >= 0.6 is 12.4 Å². The van der Waals surface area contributed by atoms with Crippen LogP contribution in [0.1, 0.15) is 32.6 Å². The van der Waals surface area contributed by atoms with E-state index >= 15 is 0 Å².